The Labute approximate surface area is 160 Å². The minimum absolute atomic E-state index is 0.177. The Bertz CT molecular complexity index is 1210. The van der Waals surface area contributed by atoms with Gasteiger partial charge in [-0.1, -0.05) is 46.3 Å². The van der Waals surface area contributed by atoms with Crippen LogP contribution in [0.1, 0.15) is 11.1 Å². The van der Waals surface area contributed by atoms with E-state index >= 15 is 0 Å². The van der Waals surface area contributed by atoms with Gasteiger partial charge >= 0.3 is 0 Å². The summed E-state index contributed by atoms with van der Waals surface area (Å²) in [5.74, 6) is -0.260. The molecule has 4 rings (SSSR count). The number of H-pyrrole nitrogens is 1. The second-order valence-corrected chi connectivity index (χ2v) is 7.59. The maximum Gasteiger partial charge on any atom is 0.274 e. The largest absolute Gasteiger partial charge is 0.320 e. The summed E-state index contributed by atoms with van der Waals surface area (Å²) in [6.45, 7) is 0. The van der Waals surface area contributed by atoms with Gasteiger partial charge in [-0.3, -0.25) is 9.59 Å². The number of halogens is 1. The van der Waals surface area contributed by atoms with Crippen molar-refractivity contribution >= 4 is 56.8 Å². The maximum absolute atomic E-state index is 12.1. The number of fused-ring (bicyclic) bond motifs is 1. The third-order valence-electron chi connectivity index (χ3n) is 3.79. The molecule has 5 nitrogen and oxygen atoms in total. The lowest BCUT2D eigenvalue weighted by atomic mass is 10.1. The average molecular weight is 426 g/mol. The number of hydrogen-bond acceptors (Lipinski definition) is 4. The number of nitrogens with zero attached hydrogens (tertiary/aromatic N) is 1. The highest BCUT2D eigenvalue weighted by atomic mass is 79.9. The molecule has 0 aliphatic carbocycles. The van der Waals surface area contributed by atoms with Gasteiger partial charge in [-0.15, -0.1) is 11.3 Å². The van der Waals surface area contributed by atoms with Crippen LogP contribution in [-0.2, 0) is 4.79 Å². The van der Waals surface area contributed by atoms with Crippen molar-refractivity contribution in [2.45, 2.75) is 0 Å². The lowest BCUT2D eigenvalue weighted by Crippen LogP contribution is -2.19. The fourth-order valence-electron chi connectivity index (χ4n) is 2.59. The molecule has 0 atom stereocenters. The molecule has 0 radical (unpaired) electrons. The van der Waals surface area contributed by atoms with Gasteiger partial charge in [-0.2, -0.15) is 0 Å². The van der Waals surface area contributed by atoms with Crippen LogP contribution in [0.4, 0.5) is 5.69 Å². The quantitative estimate of drug-likeness (QED) is 0.660. The van der Waals surface area contributed by atoms with Crippen LogP contribution in [0, 0.1) is 0 Å². The number of amides is 1. The zero-order valence-electron chi connectivity index (χ0n) is 13.3. The molecule has 1 aliphatic heterocycles. The molecular formula is C19H12BrN3O2S. The van der Waals surface area contributed by atoms with E-state index < -0.39 is 0 Å². The number of nitrogens with one attached hydrogen (secondary N) is 2. The Kier molecular flexibility index (Phi) is 4.40. The fourth-order valence-corrected chi connectivity index (χ4v) is 3.78. The second kappa shape index (κ2) is 6.86. The molecule has 0 saturated heterocycles. The monoisotopic (exact) mass is 425 g/mol. The van der Waals surface area contributed by atoms with E-state index in [2.05, 4.69) is 31.2 Å². The van der Waals surface area contributed by atoms with Crippen LogP contribution in [0.3, 0.4) is 0 Å². The second-order valence-electron chi connectivity index (χ2n) is 5.59. The van der Waals surface area contributed by atoms with Gasteiger partial charge in [0, 0.05) is 10.0 Å². The van der Waals surface area contributed by atoms with Gasteiger partial charge in [-0.05, 0) is 29.8 Å². The molecule has 2 heterocycles. The molecule has 1 aromatic heterocycles. The molecule has 0 bridgehead atoms. The highest BCUT2D eigenvalue weighted by Gasteiger charge is 2.25. The molecule has 7 heteroatoms. The molecule has 26 heavy (non-hydrogen) atoms. The maximum atomic E-state index is 12.1. The number of carbonyl (C=O) groups is 1. The van der Waals surface area contributed by atoms with Crippen molar-refractivity contribution < 1.29 is 4.79 Å². The third kappa shape index (κ3) is 3.31. The number of rotatable bonds is 2. The molecule has 3 aromatic rings. The smallest absolute Gasteiger partial charge is 0.274 e. The van der Waals surface area contributed by atoms with E-state index in [0.717, 1.165) is 21.3 Å². The van der Waals surface area contributed by atoms with E-state index in [-0.39, 0.29) is 11.5 Å². The first-order valence-electron chi connectivity index (χ1n) is 7.75. The minimum Gasteiger partial charge on any atom is -0.320 e. The summed E-state index contributed by atoms with van der Waals surface area (Å²) in [6, 6.07) is 15.1. The standard InChI is InChI=1S/C19H12BrN3O2S/c20-12-6-7-14-13(9-12)17(19(25)22-14)21-10-16-23-18(24)15(26-16)8-11-4-2-1-3-5-11/h1-10H,(H,23,24)(H,21,22,25)/b15-8-,16-10+. The summed E-state index contributed by atoms with van der Waals surface area (Å²) in [6.07, 6.45) is 3.34. The van der Waals surface area contributed by atoms with E-state index in [1.807, 2.05) is 54.6 Å². The van der Waals surface area contributed by atoms with Crippen LogP contribution in [0.15, 0.2) is 62.8 Å². The summed E-state index contributed by atoms with van der Waals surface area (Å²) in [7, 11) is 0. The Morgan fingerprint density at radius 2 is 1.88 bits per heavy atom. The van der Waals surface area contributed by atoms with Gasteiger partial charge in [0.15, 0.2) is 0 Å². The van der Waals surface area contributed by atoms with Gasteiger partial charge in [-0.25, -0.2) is 4.99 Å². The first kappa shape index (κ1) is 16.7. The van der Waals surface area contributed by atoms with Gasteiger partial charge in [0.05, 0.1) is 16.4 Å². The lowest BCUT2D eigenvalue weighted by molar-refractivity contribution is -0.110. The number of benzene rings is 2. The average Bonchev–Trinajstić information content (AvgIpc) is 3.13. The molecule has 0 fully saturated rings. The van der Waals surface area contributed by atoms with Crippen molar-refractivity contribution in [2.75, 3.05) is 5.32 Å². The summed E-state index contributed by atoms with van der Waals surface area (Å²) in [5.41, 5.74) is 2.55. The van der Waals surface area contributed by atoms with Crippen LogP contribution in [0.2, 0.25) is 0 Å². The Balaban J connectivity index is 1.75. The van der Waals surface area contributed by atoms with Gasteiger partial charge in [0.2, 0.25) is 0 Å². The number of thiazole rings is 1. The van der Waals surface area contributed by atoms with E-state index in [1.54, 1.807) is 0 Å². The van der Waals surface area contributed by atoms with Gasteiger partial charge < -0.3 is 10.3 Å². The van der Waals surface area contributed by atoms with Crippen molar-refractivity contribution in [3.8, 4) is 0 Å². The van der Waals surface area contributed by atoms with E-state index in [9.17, 15) is 9.59 Å². The SMILES string of the molecule is O=C1Nc2ccc(Br)cc2C1=N/C=c1\[nH]c(=O)/c(=C/c2ccccc2)s1. The highest BCUT2D eigenvalue weighted by Crippen LogP contribution is 2.26. The Morgan fingerprint density at radius 3 is 2.69 bits per heavy atom. The predicted octanol–water partition coefficient (Wildman–Crippen LogP) is 2.21. The number of aromatic nitrogens is 1. The van der Waals surface area contributed by atoms with Crippen LogP contribution in [0.25, 0.3) is 12.3 Å². The Hall–Kier alpha value is -2.77. The number of aliphatic imine (C=N–C) groups is 1. The van der Waals surface area contributed by atoms with E-state index in [1.165, 1.54) is 17.5 Å². The van der Waals surface area contributed by atoms with E-state index in [0.29, 0.717) is 14.9 Å². The first-order valence-corrected chi connectivity index (χ1v) is 9.36. The van der Waals surface area contributed by atoms with Crippen LogP contribution >= 0.6 is 27.3 Å². The van der Waals surface area contributed by atoms with Gasteiger partial charge in [0.25, 0.3) is 11.5 Å². The van der Waals surface area contributed by atoms with Crippen LogP contribution < -0.4 is 20.1 Å². The number of hydrogen-bond donors (Lipinski definition) is 2. The molecule has 0 spiro atoms. The number of aromatic amines is 1. The zero-order valence-corrected chi connectivity index (χ0v) is 15.7. The van der Waals surface area contributed by atoms with Gasteiger partial charge in [0.1, 0.15) is 10.4 Å². The van der Waals surface area contributed by atoms with E-state index in [4.69, 9.17) is 0 Å². The topological polar surface area (TPSA) is 74.3 Å². The lowest BCUT2D eigenvalue weighted by Gasteiger charge is -1.96. The molecule has 128 valence electrons. The highest BCUT2D eigenvalue weighted by molar-refractivity contribution is 9.10. The molecule has 0 unspecified atom stereocenters. The molecule has 0 saturated carbocycles. The molecule has 1 amide bonds. The predicted molar refractivity (Wildman–Crippen MR) is 108 cm³/mol. The minimum atomic E-state index is -0.260. The summed E-state index contributed by atoms with van der Waals surface area (Å²) in [4.78, 5) is 31.3. The summed E-state index contributed by atoms with van der Waals surface area (Å²) < 4.78 is 2.03. The molecular weight excluding hydrogens is 414 g/mol. The normalized spacial score (nSPS) is 16.2. The molecule has 2 N–H and O–H groups in total. The third-order valence-corrected chi connectivity index (χ3v) is 5.23. The van der Waals surface area contributed by atoms with Crippen molar-refractivity contribution in [1.29, 1.82) is 0 Å². The van der Waals surface area contributed by atoms with Crippen molar-refractivity contribution in [1.82, 2.24) is 4.98 Å². The summed E-state index contributed by atoms with van der Waals surface area (Å²) >= 11 is 4.70. The number of anilines is 1. The van der Waals surface area contributed by atoms with Crippen molar-refractivity contribution in [2.24, 2.45) is 4.99 Å². The number of carbonyl (C=O) groups excluding carboxylic acids is 1. The first-order chi connectivity index (χ1) is 12.6. The van der Waals surface area contributed by atoms with Crippen molar-refractivity contribution in [3.05, 3.63) is 83.7 Å². The Morgan fingerprint density at radius 1 is 1.08 bits per heavy atom. The fraction of sp³-hybridized carbons (Fsp3) is 0. The van der Waals surface area contributed by atoms with Crippen LogP contribution in [-0.4, -0.2) is 16.6 Å². The zero-order chi connectivity index (χ0) is 18.1. The molecule has 1 aliphatic rings. The van der Waals surface area contributed by atoms with Crippen molar-refractivity contribution in [3.63, 3.8) is 0 Å². The molecule has 2 aromatic carbocycles. The van der Waals surface area contributed by atoms with Crippen LogP contribution in [0.5, 0.6) is 0 Å². The summed E-state index contributed by atoms with van der Waals surface area (Å²) in [5, 5.41) is 2.77.